The number of nitrogens with one attached hydrogen (secondary N) is 2. The number of hydrogen-bond donors (Lipinski definition) is 2. The van der Waals surface area contributed by atoms with E-state index in [4.69, 9.17) is 9.47 Å². The zero-order valence-corrected chi connectivity index (χ0v) is 18.3. The van der Waals surface area contributed by atoms with Gasteiger partial charge in [-0.25, -0.2) is 4.98 Å². The molecule has 1 fully saturated rings. The van der Waals surface area contributed by atoms with E-state index in [0.717, 1.165) is 43.0 Å². The largest absolute Gasteiger partial charge is 0.493 e. The molecule has 9 nitrogen and oxygen atoms in total. The number of piperidine rings is 1. The van der Waals surface area contributed by atoms with E-state index in [9.17, 15) is 9.59 Å². The number of ether oxygens (including phenoxy) is 2. The number of amides is 1. The minimum atomic E-state index is -0.169. The van der Waals surface area contributed by atoms with Crippen molar-refractivity contribution < 1.29 is 14.3 Å². The van der Waals surface area contributed by atoms with Crippen LogP contribution >= 0.6 is 11.3 Å². The Morgan fingerprint density at radius 3 is 2.74 bits per heavy atom. The topological polar surface area (TPSA) is 109 Å². The highest BCUT2D eigenvalue weighted by Crippen LogP contribution is 2.29. The van der Waals surface area contributed by atoms with E-state index in [1.807, 2.05) is 18.2 Å². The molecule has 1 saturated heterocycles. The molecule has 3 heterocycles. The van der Waals surface area contributed by atoms with Gasteiger partial charge in [0.2, 0.25) is 5.91 Å². The van der Waals surface area contributed by atoms with Gasteiger partial charge in [-0.1, -0.05) is 17.4 Å². The molecule has 1 amide bonds. The fourth-order valence-electron chi connectivity index (χ4n) is 3.73. The number of H-pyrrole nitrogens is 1. The van der Waals surface area contributed by atoms with Crippen LogP contribution in [0.25, 0.3) is 10.3 Å². The van der Waals surface area contributed by atoms with Crippen molar-refractivity contribution in [3.05, 3.63) is 40.4 Å². The Morgan fingerprint density at radius 1 is 1.26 bits per heavy atom. The van der Waals surface area contributed by atoms with Gasteiger partial charge in [0.15, 0.2) is 22.3 Å². The number of carbonyl (C=O) groups is 1. The van der Waals surface area contributed by atoms with Crippen molar-refractivity contribution in [2.24, 2.45) is 5.92 Å². The molecule has 2 N–H and O–H groups in total. The lowest BCUT2D eigenvalue weighted by Gasteiger charge is -2.30. The Kier molecular flexibility index (Phi) is 6.36. The van der Waals surface area contributed by atoms with Gasteiger partial charge in [-0.05, 0) is 37.0 Å². The second-order valence-corrected chi connectivity index (χ2v) is 8.35. The third kappa shape index (κ3) is 4.63. The van der Waals surface area contributed by atoms with E-state index >= 15 is 0 Å². The Labute approximate surface area is 183 Å². The van der Waals surface area contributed by atoms with Crippen molar-refractivity contribution in [2.75, 3.05) is 38.8 Å². The zero-order chi connectivity index (χ0) is 21.8. The summed E-state index contributed by atoms with van der Waals surface area (Å²) in [5.41, 5.74) is 1.38. The summed E-state index contributed by atoms with van der Waals surface area (Å²) in [7, 11) is 3.22. The summed E-state index contributed by atoms with van der Waals surface area (Å²) in [5.74, 6) is 1.45. The molecule has 0 unspecified atom stereocenters. The van der Waals surface area contributed by atoms with Gasteiger partial charge in [0.05, 0.1) is 20.5 Å². The number of aromatic nitrogens is 3. The van der Waals surface area contributed by atoms with E-state index in [1.165, 1.54) is 17.7 Å². The maximum atomic E-state index is 12.6. The van der Waals surface area contributed by atoms with Crippen molar-refractivity contribution in [3.63, 3.8) is 0 Å². The Morgan fingerprint density at radius 2 is 2.03 bits per heavy atom. The minimum Gasteiger partial charge on any atom is -0.493 e. The molecule has 1 aliphatic heterocycles. The summed E-state index contributed by atoms with van der Waals surface area (Å²) >= 11 is 1.35. The van der Waals surface area contributed by atoms with Gasteiger partial charge in [-0.2, -0.15) is 4.98 Å². The van der Waals surface area contributed by atoms with E-state index in [0.29, 0.717) is 28.4 Å². The number of nitrogens with zero attached hydrogens (tertiary/aromatic N) is 3. The second kappa shape index (κ2) is 9.34. The van der Waals surface area contributed by atoms with Gasteiger partial charge in [0.1, 0.15) is 4.70 Å². The molecule has 0 spiro atoms. The molecule has 2 aromatic heterocycles. The predicted octanol–water partition coefficient (Wildman–Crippen LogP) is 1.97. The quantitative estimate of drug-likeness (QED) is 0.575. The van der Waals surface area contributed by atoms with Crippen LogP contribution in [-0.4, -0.2) is 54.7 Å². The number of aromatic amines is 1. The normalized spacial score (nSPS) is 14.6. The number of benzene rings is 1. The first kappa shape index (κ1) is 21.1. The van der Waals surface area contributed by atoms with Crippen LogP contribution in [0.2, 0.25) is 0 Å². The van der Waals surface area contributed by atoms with E-state index in [-0.39, 0.29) is 17.4 Å². The summed E-state index contributed by atoms with van der Waals surface area (Å²) < 4.78 is 11.1. The number of fused-ring (bicyclic) bond motifs is 1. The summed E-state index contributed by atoms with van der Waals surface area (Å²) in [4.78, 5) is 37.8. The summed E-state index contributed by atoms with van der Waals surface area (Å²) in [5, 5.41) is 3.84. The molecule has 0 saturated carbocycles. The fraction of sp³-hybridized carbons (Fsp3) is 0.429. The average Bonchev–Trinajstić information content (AvgIpc) is 3.25. The predicted molar refractivity (Wildman–Crippen MR) is 119 cm³/mol. The Bertz CT molecular complexity index is 1120. The van der Waals surface area contributed by atoms with Crippen LogP contribution in [0.3, 0.4) is 0 Å². The molecule has 0 radical (unpaired) electrons. The standard InChI is InChI=1S/C21H25N5O4S/c1-29-15-4-3-13(11-16(15)30-2)5-8-22-19(27)14-6-9-26(10-7-14)21-25-18-17(31-21)20(28)24-12-23-18/h3-4,11-12,14H,5-10H2,1-2H3,(H,22,27)(H,23,24,28). The summed E-state index contributed by atoms with van der Waals surface area (Å²) in [6.45, 7) is 2.03. The third-order valence-electron chi connectivity index (χ3n) is 5.48. The number of carbonyl (C=O) groups excluding carboxylic acids is 1. The molecule has 1 aromatic carbocycles. The highest BCUT2D eigenvalue weighted by atomic mass is 32.1. The SMILES string of the molecule is COc1ccc(CCNC(=O)C2CCN(c3nc4nc[nH]c(=O)c4s3)CC2)cc1OC. The number of rotatable bonds is 7. The smallest absolute Gasteiger partial charge is 0.270 e. The number of anilines is 1. The van der Waals surface area contributed by atoms with Crippen LogP contribution < -0.4 is 25.2 Å². The molecular weight excluding hydrogens is 418 g/mol. The molecule has 10 heteroatoms. The van der Waals surface area contributed by atoms with Crippen molar-refractivity contribution in [3.8, 4) is 11.5 Å². The van der Waals surface area contributed by atoms with Gasteiger partial charge < -0.3 is 24.7 Å². The van der Waals surface area contributed by atoms with Crippen molar-refractivity contribution in [2.45, 2.75) is 19.3 Å². The molecule has 0 bridgehead atoms. The summed E-state index contributed by atoms with van der Waals surface area (Å²) in [6.07, 6.45) is 3.59. The van der Waals surface area contributed by atoms with Gasteiger partial charge >= 0.3 is 0 Å². The van der Waals surface area contributed by atoms with Crippen molar-refractivity contribution >= 4 is 32.7 Å². The van der Waals surface area contributed by atoms with Crippen LogP contribution in [0.1, 0.15) is 18.4 Å². The van der Waals surface area contributed by atoms with Crippen LogP contribution in [0.5, 0.6) is 11.5 Å². The van der Waals surface area contributed by atoms with Crippen LogP contribution in [-0.2, 0) is 11.2 Å². The minimum absolute atomic E-state index is 0.0161. The van der Waals surface area contributed by atoms with E-state index < -0.39 is 0 Å². The van der Waals surface area contributed by atoms with Crippen LogP contribution in [0.4, 0.5) is 5.13 Å². The second-order valence-electron chi connectivity index (χ2n) is 7.37. The monoisotopic (exact) mass is 443 g/mol. The lowest BCUT2D eigenvalue weighted by Crippen LogP contribution is -2.41. The number of methoxy groups -OCH3 is 2. The lowest BCUT2D eigenvalue weighted by atomic mass is 9.96. The Balaban J connectivity index is 1.27. The van der Waals surface area contributed by atoms with Gasteiger partial charge in [-0.3, -0.25) is 9.59 Å². The zero-order valence-electron chi connectivity index (χ0n) is 17.5. The first-order valence-corrected chi connectivity index (χ1v) is 11.0. The third-order valence-corrected chi connectivity index (χ3v) is 6.59. The van der Waals surface area contributed by atoms with Crippen molar-refractivity contribution in [1.82, 2.24) is 20.3 Å². The molecule has 164 valence electrons. The van der Waals surface area contributed by atoms with Gasteiger partial charge in [0.25, 0.3) is 5.56 Å². The number of hydrogen-bond acceptors (Lipinski definition) is 8. The first-order chi connectivity index (χ1) is 15.1. The Hall–Kier alpha value is -3.14. The molecule has 1 aliphatic rings. The molecule has 3 aromatic rings. The highest BCUT2D eigenvalue weighted by molar-refractivity contribution is 7.22. The average molecular weight is 444 g/mol. The van der Waals surface area contributed by atoms with Crippen LogP contribution in [0.15, 0.2) is 29.3 Å². The van der Waals surface area contributed by atoms with E-state index in [1.54, 1.807) is 14.2 Å². The molecule has 0 atom stereocenters. The fourth-order valence-corrected chi connectivity index (χ4v) is 4.70. The maximum absolute atomic E-state index is 12.6. The molecule has 31 heavy (non-hydrogen) atoms. The first-order valence-electron chi connectivity index (χ1n) is 10.2. The van der Waals surface area contributed by atoms with Crippen molar-refractivity contribution in [1.29, 1.82) is 0 Å². The molecular formula is C21H25N5O4S. The number of thiazole rings is 1. The highest BCUT2D eigenvalue weighted by Gasteiger charge is 2.26. The van der Waals surface area contributed by atoms with Crippen LogP contribution in [0, 0.1) is 5.92 Å². The molecule has 0 aliphatic carbocycles. The maximum Gasteiger partial charge on any atom is 0.270 e. The van der Waals surface area contributed by atoms with Gasteiger partial charge in [-0.15, -0.1) is 0 Å². The van der Waals surface area contributed by atoms with Gasteiger partial charge in [0, 0.05) is 25.6 Å². The molecule has 4 rings (SSSR count). The summed E-state index contributed by atoms with van der Waals surface area (Å²) in [6, 6.07) is 5.78. The lowest BCUT2D eigenvalue weighted by molar-refractivity contribution is -0.125. The van der Waals surface area contributed by atoms with E-state index in [2.05, 4.69) is 25.2 Å².